The molecule has 1 aliphatic heterocycles. The standard InChI is InChI=1S/C16H29NO2/c1-15(2,3)14(17)13(18)12-7-10-19-16(11-12)8-5-4-6-9-16/h12,14H,4-11,17H2,1-3H3. The van der Waals surface area contributed by atoms with Crippen LogP contribution in [0.4, 0.5) is 0 Å². The van der Waals surface area contributed by atoms with E-state index in [0.717, 1.165) is 32.3 Å². The highest BCUT2D eigenvalue weighted by Crippen LogP contribution is 2.41. The van der Waals surface area contributed by atoms with Crippen molar-refractivity contribution < 1.29 is 9.53 Å². The number of ether oxygens (including phenoxy) is 1. The zero-order valence-electron chi connectivity index (χ0n) is 12.7. The van der Waals surface area contributed by atoms with Gasteiger partial charge in [-0.3, -0.25) is 4.79 Å². The molecule has 2 unspecified atom stereocenters. The third-order valence-electron chi connectivity index (χ3n) is 4.90. The molecule has 0 aromatic heterocycles. The molecule has 0 aromatic rings. The maximum Gasteiger partial charge on any atom is 0.153 e. The average molecular weight is 267 g/mol. The number of carbonyl (C=O) groups is 1. The molecule has 2 atom stereocenters. The third-order valence-corrected chi connectivity index (χ3v) is 4.90. The number of hydrogen-bond donors (Lipinski definition) is 1. The summed E-state index contributed by atoms with van der Waals surface area (Å²) < 4.78 is 6.06. The second-order valence-electron chi connectivity index (χ2n) is 7.53. The first-order chi connectivity index (χ1) is 8.84. The van der Waals surface area contributed by atoms with Gasteiger partial charge >= 0.3 is 0 Å². The van der Waals surface area contributed by atoms with Crippen molar-refractivity contribution in [1.29, 1.82) is 0 Å². The average Bonchev–Trinajstić information content (AvgIpc) is 2.37. The summed E-state index contributed by atoms with van der Waals surface area (Å²) in [6.45, 7) is 6.87. The second-order valence-corrected chi connectivity index (χ2v) is 7.53. The Hall–Kier alpha value is -0.410. The molecule has 0 bridgehead atoms. The van der Waals surface area contributed by atoms with Gasteiger partial charge in [0.25, 0.3) is 0 Å². The highest BCUT2D eigenvalue weighted by Gasteiger charge is 2.43. The van der Waals surface area contributed by atoms with Crippen LogP contribution in [0.2, 0.25) is 0 Å². The van der Waals surface area contributed by atoms with Crippen LogP contribution in [0.25, 0.3) is 0 Å². The molecule has 0 radical (unpaired) electrons. The van der Waals surface area contributed by atoms with Crippen LogP contribution >= 0.6 is 0 Å². The predicted molar refractivity (Wildman–Crippen MR) is 76.9 cm³/mol. The molecule has 3 nitrogen and oxygen atoms in total. The highest BCUT2D eigenvalue weighted by atomic mass is 16.5. The van der Waals surface area contributed by atoms with Gasteiger partial charge in [-0.2, -0.15) is 0 Å². The van der Waals surface area contributed by atoms with E-state index < -0.39 is 0 Å². The second kappa shape index (κ2) is 5.53. The summed E-state index contributed by atoms with van der Waals surface area (Å²) in [5.74, 6) is 0.363. The Balaban J connectivity index is 2.02. The van der Waals surface area contributed by atoms with Gasteiger partial charge in [0, 0.05) is 12.5 Å². The summed E-state index contributed by atoms with van der Waals surface area (Å²) in [7, 11) is 0. The first-order valence-electron chi connectivity index (χ1n) is 7.77. The van der Waals surface area contributed by atoms with Crippen molar-refractivity contribution in [3.8, 4) is 0 Å². The molecule has 1 saturated carbocycles. The fourth-order valence-corrected chi connectivity index (χ4v) is 3.50. The monoisotopic (exact) mass is 267 g/mol. The lowest BCUT2D eigenvalue weighted by Gasteiger charge is -2.44. The van der Waals surface area contributed by atoms with Crippen molar-refractivity contribution in [2.24, 2.45) is 17.1 Å². The van der Waals surface area contributed by atoms with E-state index in [1.165, 1.54) is 19.3 Å². The molecular weight excluding hydrogens is 238 g/mol. The molecule has 1 heterocycles. The van der Waals surface area contributed by atoms with E-state index in [1.54, 1.807) is 0 Å². The minimum atomic E-state index is -0.351. The number of Topliss-reactive ketones (excluding diaryl/α,β-unsaturated/α-hetero) is 1. The summed E-state index contributed by atoms with van der Waals surface area (Å²) in [6, 6.07) is -0.351. The Labute approximate surface area is 117 Å². The van der Waals surface area contributed by atoms with E-state index in [1.807, 2.05) is 20.8 Å². The van der Waals surface area contributed by atoms with E-state index in [0.29, 0.717) is 0 Å². The fourth-order valence-electron chi connectivity index (χ4n) is 3.50. The zero-order valence-corrected chi connectivity index (χ0v) is 12.7. The Bertz CT molecular complexity index is 321. The Morgan fingerprint density at radius 2 is 1.89 bits per heavy atom. The van der Waals surface area contributed by atoms with Crippen LogP contribution in [0.1, 0.15) is 65.7 Å². The first kappa shape index (κ1) is 15.0. The quantitative estimate of drug-likeness (QED) is 0.836. The lowest BCUT2D eigenvalue weighted by Crippen LogP contribution is -2.50. The van der Waals surface area contributed by atoms with Gasteiger partial charge in [-0.25, -0.2) is 0 Å². The molecule has 2 aliphatic rings. The van der Waals surface area contributed by atoms with Gasteiger partial charge < -0.3 is 10.5 Å². The molecule has 3 heteroatoms. The van der Waals surface area contributed by atoms with E-state index >= 15 is 0 Å². The Morgan fingerprint density at radius 1 is 1.26 bits per heavy atom. The van der Waals surface area contributed by atoms with Crippen LogP contribution in [-0.4, -0.2) is 24.0 Å². The van der Waals surface area contributed by atoms with Gasteiger partial charge in [0.1, 0.15) is 0 Å². The molecule has 1 aliphatic carbocycles. The molecule has 1 saturated heterocycles. The van der Waals surface area contributed by atoms with Crippen molar-refractivity contribution in [3.63, 3.8) is 0 Å². The fraction of sp³-hybridized carbons (Fsp3) is 0.938. The van der Waals surface area contributed by atoms with Crippen molar-refractivity contribution in [1.82, 2.24) is 0 Å². The summed E-state index contributed by atoms with van der Waals surface area (Å²) in [5, 5.41) is 0. The van der Waals surface area contributed by atoms with Crippen LogP contribution in [-0.2, 0) is 9.53 Å². The van der Waals surface area contributed by atoms with Crippen molar-refractivity contribution in [3.05, 3.63) is 0 Å². The van der Waals surface area contributed by atoms with Gasteiger partial charge in [-0.15, -0.1) is 0 Å². The summed E-state index contributed by atoms with van der Waals surface area (Å²) >= 11 is 0. The minimum absolute atomic E-state index is 0.00552. The first-order valence-corrected chi connectivity index (χ1v) is 7.77. The molecule has 110 valence electrons. The normalized spacial score (nSPS) is 29.2. The maximum absolute atomic E-state index is 12.6. The Morgan fingerprint density at radius 3 is 2.47 bits per heavy atom. The van der Waals surface area contributed by atoms with Crippen LogP contribution in [0.15, 0.2) is 0 Å². The van der Waals surface area contributed by atoms with Crippen LogP contribution < -0.4 is 5.73 Å². The molecule has 19 heavy (non-hydrogen) atoms. The lowest BCUT2D eigenvalue weighted by molar-refractivity contribution is -0.145. The number of rotatable bonds is 2. The Kier molecular flexibility index (Phi) is 4.36. The largest absolute Gasteiger partial charge is 0.375 e. The van der Waals surface area contributed by atoms with Gasteiger partial charge in [0.2, 0.25) is 0 Å². The predicted octanol–water partition coefficient (Wildman–Crippen LogP) is 3.06. The molecular formula is C16H29NO2. The van der Waals surface area contributed by atoms with Crippen LogP contribution in [0.5, 0.6) is 0 Å². The minimum Gasteiger partial charge on any atom is -0.375 e. The lowest BCUT2D eigenvalue weighted by atomic mass is 9.72. The van der Waals surface area contributed by atoms with Crippen molar-refractivity contribution in [2.75, 3.05) is 6.61 Å². The van der Waals surface area contributed by atoms with Gasteiger partial charge in [0.05, 0.1) is 11.6 Å². The summed E-state index contributed by atoms with van der Waals surface area (Å²) in [4.78, 5) is 12.6. The SMILES string of the molecule is CC(C)(C)C(N)C(=O)C1CCOC2(CCCCC2)C1. The molecule has 2 rings (SSSR count). The van der Waals surface area contributed by atoms with Crippen molar-refractivity contribution in [2.45, 2.75) is 77.4 Å². The molecule has 2 N–H and O–H groups in total. The zero-order chi connectivity index (χ0) is 14.1. The van der Waals surface area contributed by atoms with E-state index in [9.17, 15) is 4.79 Å². The van der Waals surface area contributed by atoms with Gasteiger partial charge in [0.15, 0.2) is 5.78 Å². The number of carbonyl (C=O) groups excluding carboxylic acids is 1. The van der Waals surface area contributed by atoms with Gasteiger partial charge in [-0.1, -0.05) is 40.0 Å². The topological polar surface area (TPSA) is 52.3 Å². The third kappa shape index (κ3) is 3.38. The molecule has 2 fully saturated rings. The summed E-state index contributed by atoms with van der Waals surface area (Å²) in [5.41, 5.74) is 6.00. The van der Waals surface area contributed by atoms with Crippen LogP contribution in [0, 0.1) is 11.3 Å². The van der Waals surface area contributed by atoms with Crippen LogP contribution in [0.3, 0.4) is 0 Å². The maximum atomic E-state index is 12.6. The van der Waals surface area contributed by atoms with E-state index in [2.05, 4.69) is 0 Å². The number of ketones is 1. The summed E-state index contributed by atoms with van der Waals surface area (Å²) in [6.07, 6.45) is 7.80. The van der Waals surface area contributed by atoms with E-state index in [4.69, 9.17) is 10.5 Å². The molecule has 0 amide bonds. The molecule has 1 spiro atoms. The molecule has 0 aromatic carbocycles. The number of hydrogen-bond acceptors (Lipinski definition) is 3. The smallest absolute Gasteiger partial charge is 0.153 e. The highest BCUT2D eigenvalue weighted by molar-refractivity contribution is 5.87. The van der Waals surface area contributed by atoms with Gasteiger partial charge in [-0.05, 0) is 31.1 Å². The van der Waals surface area contributed by atoms with Crippen molar-refractivity contribution >= 4 is 5.78 Å². The number of nitrogens with two attached hydrogens (primary N) is 1. The van der Waals surface area contributed by atoms with E-state index in [-0.39, 0.29) is 28.8 Å².